The molecule has 0 unspecified atom stereocenters. The van der Waals surface area contributed by atoms with E-state index in [1.54, 1.807) is 35.6 Å². The van der Waals surface area contributed by atoms with E-state index in [2.05, 4.69) is 11.1 Å². The molecule has 0 aliphatic rings. The fraction of sp³-hybridized carbons (Fsp3) is 0.0667. The number of hydrogen-bond donors (Lipinski definition) is 1. The Hall–Kier alpha value is -2.58. The zero-order chi connectivity index (χ0) is 14.1. The van der Waals surface area contributed by atoms with Gasteiger partial charge in [-0.25, -0.2) is 4.98 Å². The highest BCUT2D eigenvalue weighted by Crippen LogP contribution is 2.34. The zero-order valence-electron chi connectivity index (χ0n) is 10.8. The van der Waals surface area contributed by atoms with Crippen molar-refractivity contribution in [3.63, 3.8) is 0 Å². The maximum absolute atomic E-state index is 8.77. The highest BCUT2D eigenvalue weighted by atomic mass is 32.1. The molecule has 5 heteroatoms. The van der Waals surface area contributed by atoms with Crippen LogP contribution in [0.3, 0.4) is 0 Å². The number of nitrogens with zero attached hydrogens (tertiary/aromatic N) is 2. The number of aromatic nitrogens is 1. The Labute approximate surface area is 120 Å². The van der Waals surface area contributed by atoms with E-state index in [0.29, 0.717) is 22.7 Å². The van der Waals surface area contributed by atoms with E-state index in [0.717, 1.165) is 15.2 Å². The Balaban J connectivity index is 1.96. The first-order valence-electron chi connectivity index (χ1n) is 6.00. The van der Waals surface area contributed by atoms with Gasteiger partial charge in [-0.3, -0.25) is 0 Å². The number of hydrogen-bond acceptors (Lipinski definition) is 5. The summed E-state index contributed by atoms with van der Waals surface area (Å²) in [7, 11) is 0. The summed E-state index contributed by atoms with van der Waals surface area (Å²) < 4.78 is 6.80. The summed E-state index contributed by atoms with van der Waals surface area (Å²) in [5.74, 6) is 1.22. The lowest BCUT2D eigenvalue weighted by Gasteiger charge is -2.08. The molecule has 2 aromatic carbocycles. The lowest BCUT2D eigenvalue weighted by Crippen LogP contribution is -1.92. The fourth-order valence-electron chi connectivity index (χ4n) is 1.90. The summed E-state index contributed by atoms with van der Waals surface area (Å²) in [6.45, 7) is 1.96. The van der Waals surface area contributed by atoms with E-state index in [1.165, 1.54) is 0 Å². The van der Waals surface area contributed by atoms with Gasteiger partial charge in [0, 0.05) is 6.07 Å². The van der Waals surface area contributed by atoms with Crippen LogP contribution in [-0.2, 0) is 0 Å². The van der Waals surface area contributed by atoms with Gasteiger partial charge in [0.2, 0.25) is 0 Å². The van der Waals surface area contributed by atoms with Gasteiger partial charge in [-0.1, -0.05) is 0 Å². The highest BCUT2D eigenvalue weighted by Gasteiger charge is 2.08. The van der Waals surface area contributed by atoms with Crippen molar-refractivity contribution in [2.45, 2.75) is 6.92 Å². The lowest BCUT2D eigenvalue weighted by molar-refractivity contribution is 0.485. The van der Waals surface area contributed by atoms with Crippen LogP contribution < -0.4 is 10.5 Å². The Morgan fingerprint density at radius 2 is 2.00 bits per heavy atom. The molecule has 4 nitrogen and oxygen atoms in total. The van der Waals surface area contributed by atoms with Gasteiger partial charge in [0.1, 0.15) is 5.75 Å². The maximum Gasteiger partial charge on any atom is 0.152 e. The molecule has 2 N–H and O–H groups in total. The van der Waals surface area contributed by atoms with Crippen molar-refractivity contribution >= 4 is 27.2 Å². The molecule has 20 heavy (non-hydrogen) atoms. The zero-order valence-corrected chi connectivity index (χ0v) is 11.6. The van der Waals surface area contributed by atoms with E-state index in [4.69, 9.17) is 15.7 Å². The van der Waals surface area contributed by atoms with Gasteiger partial charge in [0.05, 0.1) is 32.5 Å². The van der Waals surface area contributed by atoms with Gasteiger partial charge in [-0.15, -0.1) is 11.3 Å². The second-order valence-corrected chi connectivity index (χ2v) is 5.56. The van der Waals surface area contributed by atoms with Crippen LogP contribution in [0.15, 0.2) is 36.4 Å². The minimum atomic E-state index is 0.575. The number of nitrogen functional groups attached to an aromatic ring is 1. The number of anilines is 1. The first-order chi connectivity index (χ1) is 9.65. The molecule has 0 saturated carbocycles. The molecule has 0 fully saturated rings. The van der Waals surface area contributed by atoms with Crippen LogP contribution in [0.1, 0.15) is 10.6 Å². The Morgan fingerprint density at radius 1 is 1.25 bits per heavy atom. The summed E-state index contributed by atoms with van der Waals surface area (Å²) in [6.07, 6.45) is 0. The van der Waals surface area contributed by atoms with Crippen molar-refractivity contribution in [2.24, 2.45) is 0 Å². The van der Waals surface area contributed by atoms with Gasteiger partial charge in [-0.05, 0) is 37.3 Å². The van der Waals surface area contributed by atoms with E-state index in [-0.39, 0.29) is 0 Å². The topological polar surface area (TPSA) is 71.9 Å². The van der Waals surface area contributed by atoms with Crippen LogP contribution in [-0.4, -0.2) is 4.98 Å². The molecule has 1 heterocycles. The SMILES string of the molecule is Cc1nc2cc(Oc3ccc(C#N)cc3)c(N)cc2s1. The van der Waals surface area contributed by atoms with Crippen molar-refractivity contribution in [3.8, 4) is 17.6 Å². The predicted octanol–water partition coefficient (Wildman–Crippen LogP) is 3.85. The van der Waals surface area contributed by atoms with Crippen LogP contribution in [0.4, 0.5) is 5.69 Å². The molecule has 0 aliphatic heterocycles. The number of fused-ring (bicyclic) bond motifs is 1. The van der Waals surface area contributed by atoms with Gasteiger partial charge >= 0.3 is 0 Å². The van der Waals surface area contributed by atoms with E-state index >= 15 is 0 Å². The molecule has 3 aromatic rings. The summed E-state index contributed by atoms with van der Waals surface area (Å²) in [5, 5.41) is 9.76. The summed E-state index contributed by atoms with van der Waals surface area (Å²) >= 11 is 1.60. The van der Waals surface area contributed by atoms with Crippen LogP contribution in [0, 0.1) is 18.3 Å². The Kier molecular flexibility index (Phi) is 3.01. The third-order valence-corrected chi connectivity index (χ3v) is 3.77. The monoisotopic (exact) mass is 281 g/mol. The predicted molar refractivity (Wildman–Crippen MR) is 80.0 cm³/mol. The minimum Gasteiger partial charge on any atom is -0.455 e. The largest absolute Gasteiger partial charge is 0.455 e. The van der Waals surface area contributed by atoms with Crippen LogP contribution >= 0.6 is 11.3 Å². The smallest absolute Gasteiger partial charge is 0.152 e. The van der Waals surface area contributed by atoms with Crippen molar-refractivity contribution in [3.05, 3.63) is 47.0 Å². The molecule has 98 valence electrons. The third-order valence-electron chi connectivity index (χ3n) is 2.84. The number of ether oxygens (including phenoxy) is 1. The highest BCUT2D eigenvalue weighted by molar-refractivity contribution is 7.18. The Morgan fingerprint density at radius 3 is 2.70 bits per heavy atom. The molecule has 0 aliphatic carbocycles. The molecular formula is C15H11N3OS. The third kappa shape index (κ3) is 2.29. The van der Waals surface area contributed by atoms with Crippen LogP contribution in [0.5, 0.6) is 11.5 Å². The molecule has 0 saturated heterocycles. The molecule has 3 rings (SSSR count). The number of nitriles is 1. The molecular weight excluding hydrogens is 270 g/mol. The second kappa shape index (κ2) is 4.83. The van der Waals surface area contributed by atoms with Crippen LogP contribution in [0.25, 0.3) is 10.2 Å². The lowest BCUT2D eigenvalue weighted by atomic mass is 10.2. The number of benzene rings is 2. The second-order valence-electron chi connectivity index (χ2n) is 4.33. The van der Waals surface area contributed by atoms with E-state index in [9.17, 15) is 0 Å². The van der Waals surface area contributed by atoms with E-state index in [1.807, 2.05) is 19.1 Å². The van der Waals surface area contributed by atoms with Crippen molar-refractivity contribution in [2.75, 3.05) is 5.73 Å². The first kappa shape index (κ1) is 12.5. The molecule has 0 atom stereocenters. The number of rotatable bonds is 2. The van der Waals surface area contributed by atoms with Gasteiger partial charge in [0.25, 0.3) is 0 Å². The molecule has 0 spiro atoms. The van der Waals surface area contributed by atoms with Gasteiger partial charge in [0.15, 0.2) is 5.75 Å². The quantitative estimate of drug-likeness (QED) is 0.724. The average molecular weight is 281 g/mol. The number of aryl methyl sites for hydroxylation is 1. The van der Waals surface area contributed by atoms with Gasteiger partial charge < -0.3 is 10.5 Å². The minimum absolute atomic E-state index is 0.575. The molecule has 1 aromatic heterocycles. The first-order valence-corrected chi connectivity index (χ1v) is 6.82. The summed E-state index contributed by atoms with van der Waals surface area (Å²) in [6, 6.07) is 12.7. The van der Waals surface area contributed by atoms with E-state index < -0.39 is 0 Å². The van der Waals surface area contributed by atoms with Crippen molar-refractivity contribution in [1.29, 1.82) is 5.26 Å². The number of nitrogens with two attached hydrogens (primary N) is 1. The fourth-order valence-corrected chi connectivity index (χ4v) is 2.76. The maximum atomic E-state index is 8.77. The van der Waals surface area contributed by atoms with Crippen molar-refractivity contribution < 1.29 is 4.74 Å². The summed E-state index contributed by atoms with van der Waals surface area (Å²) in [5.41, 5.74) is 8.05. The van der Waals surface area contributed by atoms with Crippen molar-refractivity contribution in [1.82, 2.24) is 4.98 Å². The molecule has 0 bridgehead atoms. The average Bonchev–Trinajstić information content (AvgIpc) is 2.79. The Bertz CT molecular complexity index is 815. The molecule has 0 radical (unpaired) electrons. The summed E-state index contributed by atoms with van der Waals surface area (Å²) in [4.78, 5) is 4.42. The molecule has 0 amide bonds. The van der Waals surface area contributed by atoms with Crippen LogP contribution in [0.2, 0.25) is 0 Å². The number of thiazole rings is 1. The normalized spacial score (nSPS) is 10.4. The van der Waals surface area contributed by atoms with Gasteiger partial charge in [-0.2, -0.15) is 5.26 Å². The standard InChI is InChI=1S/C15H11N3OS/c1-9-18-13-7-14(12(17)6-15(13)20-9)19-11-4-2-10(8-16)3-5-11/h2-7H,17H2,1H3.